The summed E-state index contributed by atoms with van der Waals surface area (Å²) in [6.45, 7) is 3.61. The molecule has 0 bridgehead atoms. The highest BCUT2D eigenvalue weighted by atomic mass is 35.5. The van der Waals surface area contributed by atoms with Crippen LogP contribution in [0.5, 0.6) is 5.75 Å². The molecule has 0 aliphatic carbocycles. The SMILES string of the molecule is O=C(CN1CCOCC1)N/N=C/c1ccc(OCc2ccccc2Cl)cc1. The summed E-state index contributed by atoms with van der Waals surface area (Å²) < 4.78 is 11.0. The van der Waals surface area contributed by atoms with Gasteiger partial charge in [-0.05, 0) is 35.9 Å². The maximum atomic E-state index is 11.9. The van der Waals surface area contributed by atoms with E-state index >= 15 is 0 Å². The number of rotatable bonds is 7. The summed E-state index contributed by atoms with van der Waals surface area (Å²) in [4.78, 5) is 13.9. The molecule has 0 atom stereocenters. The van der Waals surface area contributed by atoms with E-state index in [9.17, 15) is 4.79 Å². The first-order valence-electron chi connectivity index (χ1n) is 8.79. The molecule has 1 aliphatic heterocycles. The minimum Gasteiger partial charge on any atom is -0.489 e. The van der Waals surface area contributed by atoms with Crippen LogP contribution in [0.25, 0.3) is 0 Å². The Hall–Kier alpha value is -2.41. The zero-order chi connectivity index (χ0) is 18.9. The lowest BCUT2D eigenvalue weighted by Gasteiger charge is -2.25. The van der Waals surface area contributed by atoms with Crippen molar-refractivity contribution in [2.45, 2.75) is 6.61 Å². The monoisotopic (exact) mass is 387 g/mol. The van der Waals surface area contributed by atoms with Crippen LogP contribution in [0.1, 0.15) is 11.1 Å². The van der Waals surface area contributed by atoms with Crippen LogP contribution in [0.3, 0.4) is 0 Å². The predicted octanol–water partition coefficient (Wildman–Crippen LogP) is 2.70. The first-order valence-corrected chi connectivity index (χ1v) is 9.17. The summed E-state index contributed by atoms with van der Waals surface area (Å²) in [5.41, 5.74) is 4.35. The van der Waals surface area contributed by atoms with Gasteiger partial charge in [0.1, 0.15) is 12.4 Å². The van der Waals surface area contributed by atoms with Crippen molar-refractivity contribution in [1.29, 1.82) is 0 Å². The number of hydrogen-bond donors (Lipinski definition) is 1. The maximum Gasteiger partial charge on any atom is 0.254 e. The number of carbonyl (C=O) groups excluding carboxylic acids is 1. The van der Waals surface area contributed by atoms with E-state index in [4.69, 9.17) is 21.1 Å². The molecule has 2 aromatic carbocycles. The average Bonchev–Trinajstić information content (AvgIpc) is 2.69. The van der Waals surface area contributed by atoms with Gasteiger partial charge < -0.3 is 9.47 Å². The Morgan fingerprint density at radius 2 is 1.93 bits per heavy atom. The Labute approximate surface area is 163 Å². The minimum absolute atomic E-state index is 0.132. The van der Waals surface area contributed by atoms with Gasteiger partial charge in [-0.1, -0.05) is 29.8 Å². The van der Waals surface area contributed by atoms with Gasteiger partial charge in [-0.25, -0.2) is 5.43 Å². The van der Waals surface area contributed by atoms with Crippen LogP contribution in [-0.2, 0) is 16.1 Å². The lowest BCUT2D eigenvalue weighted by Crippen LogP contribution is -2.42. The number of halogens is 1. The second kappa shape index (κ2) is 10.1. The van der Waals surface area contributed by atoms with Crippen molar-refractivity contribution in [3.05, 3.63) is 64.7 Å². The van der Waals surface area contributed by atoms with Crippen LogP contribution in [0.2, 0.25) is 5.02 Å². The van der Waals surface area contributed by atoms with Crippen molar-refractivity contribution in [2.24, 2.45) is 5.10 Å². The fourth-order valence-electron chi connectivity index (χ4n) is 2.60. The third-order valence-electron chi connectivity index (χ3n) is 4.11. The molecule has 27 heavy (non-hydrogen) atoms. The second-order valence-corrected chi connectivity index (χ2v) is 6.54. The maximum absolute atomic E-state index is 11.9. The summed E-state index contributed by atoms with van der Waals surface area (Å²) >= 11 is 6.12. The summed E-state index contributed by atoms with van der Waals surface area (Å²) in [5, 5.41) is 4.69. The Bertz CT molecular complexity index is 774. The van der Waals surface area contributed by atoms with Gasteiger partial charge in [-0.2, -0.15) is 5.10 Å². The van der Waals surface area contributed by atoms with E-state index in [-0.39, 0.29) is 5.91 Å². The van der Waals surface area contributed by atoms with E-state index in [0.717, 1.165) is 30.0 Å². The molecular formula is C20H22ClN3O3. The first-order chi connectivity index (χ1) is 13.2. The van der Waals surface area contributed by atoms with Gasteiger partial charge in [0.05, 0.1) is 26.0 Å². The molecular weight excluding hydrogens is 366 g/mol. The Morgan fingerprint density at radius 1 is 1.19 bits per heavy atom. The quantitative estimate of drug-likeness (QED) is 0.586. The zero-order valence-electron chi connectivity index (χ0n) is 14.9. The van der Waals surface area contributed by atoms with Crippen LogP contribution >= 0.6 is 11.6 Å². The molecule has 0 unspecified atom stereocenters. The lowest BCUT2D eigenvalue weighted by molar-refractivity contribution is -0.123. The molecule has 2 aromatic rings. The van der Waals surface area contributed by atoms with Crippen molar-refractivity contribution in [3.63, 3.8) is 0 Å². The van der Waals surface area contributed by atoms with Gasteiger partial charge in [0, 0.05) is 23.7 Å². The van der Waals surface area contributed by atoms with Gasteiger partial charge in [-0.3, -0.25) is 9.69 Å². The summed E-state index contributed by atoms with van der Waals surface area (Å²) in [7, 11) is 0. The fraction of sp³-hybridized carbons (Fsp3) is 0.300. The largest absolute Gasteiger partial charge is 0.489 e. The van der Waals surface area contributed by atoms with Crippen molar-refractivity contribution in [2.75, 3.05) is 32.8 Å². The van der Waals surface area contributed by atoms with Gasteiger partial charge >= 0.3 is 0 Å². The number of morpholine rings is 1. The van der Waals surface area contributed by atoms with Gasteiger partial charge in [0.25, 0.3) is 5.91 Å². The number of amides is 1. The van der Waals surface area contributed by atoms with Crippen LogP contribution < -0.4 is 10.2 Å². The normalized spacial score (nSPS) is 15.0. The molecule has 1 heterocycles. The fourth-order valence-corrected chi connectivity index (χ4v) is 2.79. The van der Waals surface area contributed by atoms with Crippen LogP contribution in [-0.4, -0.2) is 49.9 Å². The Morgan fingerprint density at radius 3 is 2.67 bits per heavy atom. The lowest BCUT2D eigenvalue weighted by atomic mass is 10.2. The molecule has 0 aromatic heterocycles. The average molecular weight is 388 g/mol. The van der Waals surface area contributed by atoms with Crippen LogP contribution in [0.4, 0.5) is 0 Å². The summed E-state index contributed by atoms with van der Waals surface area (Å²) in [5.74, 6) is 0.608. The number of nitrogens with zero attached hydrogens (tertiary/aromatic N) is 2. The van der Waals surface area contributed by atoms with Crippen molar-refractivity contribution >= 4 is 23.7 Å². The molecule has 1 aliphatic rings. The molecule has 7 heteroatoms. The number of carbonyl (C=O) groups is 1. The highest BCUT2D eigenvalue weighted by Crippen LogP contribution is 2.18. The van der Waals surface area contributed by atoms with E-state index in [1.165, 1.54) is 0 Å². The molecule has 3 rings (SSSR count). The van der Waals surface area contributed by atoms with Crippen LogP contribution in [0, 0.1) is 0 Å². The van der Waals surface area contributed by atoms with Gasteiger partial charge in [0.15, 0.2) is 0 Å². The van der Waals surface area contributed by atoms with Crippen molar-refractivity contribution < 1.29 is 14.3 Å². The zero-order valence-corrected chi connectivity index (χ0v) is 15.7. The molecule has 0 saturated carbocycles. The van der Waals surface area contributed by atoms with E-state index in [1.807, 2.05) is 53.4 Å². The highest BCUT2D eigenvalue weighted by molar-refractivity contribution is 6.31. The molecule has 1 saturated heterocycles. The Balaban J connectivity index is 1.43. The van der Waals surface area contributed by atoms with Gasteiger partial charge in [-0.15, -0.1) is 0 Å². The topological polar surface area (TPSA) is 63.2 Å². The molecule has 142 valence electrons. The third-order valence-corrected chi connectivity index (χ3v) is 4.47. The van der Waals surface area contributed by atoms with Crippen molar-refractivity contribution in [3.8, 4) is 5.75 Å². The molecule has 1 amide bonds. The standard InChI is InChI=1S/C20H22ClN3O3/c21-19-4-2-1-3-17(19)15-27-18-7-5-16(6-8-18)13-22-23-20(25)14-24-9-11-26-12-10-24/h1-8,13H,9-12,14-15H2,(H,23,25)/b22-13+. The summed E-state index contributed by atoms with van der Waals surface area (Å²) in [6.07, 6.45) is 1.61. The smallest absolute Gasteiger partial charge is 0.254 e. The first kappa shape index (κ1) is 19.4. The predicted molar refractivity (Wildman–Crippen MR) is 105 cm³/mol. The summed E-state index contributed by atoms with van der Waals surface area (Å²) in [6, 6.07) is 15.0. The molecule has 6 nitrogen and oxygen atoms in total. The van der Waals surface area contributed by atoms with E-state index in [0.29, 0.717) is 31.4 Å². The van der Waals surface area contributed by atoms with Crippen molar-refractivity contribution in [1.82, 2.24) is 10.3 Å². The van der Waals surface area contributed by atoms with Crippen LogP contribution in [0.15, 0.2) is 53.6 Å². The minimum atomic E-state index is -0.132. The van der Waals surface area contributed by atoms with E-state index < -0.39 is 0 Å². The number of ether oxygens (including phenoxy) is 2. The Kier molecular flexibility index (Phi) is 7.21. The number of hydrogen-bond acceptors (Lipinski definition) is 5. The number of hydrazone groups is 1. The molecule has 1 fully saturated rings. The second-order valence-electron chi connectivity index (χ2n) is 6.13. The molecule has 1 N–H and O–H groups in total. The third kappa shape index (κ3) is 6.36. The van der Waals surface area contributed by atoms with Gasteiger partial charge in [0.2, 0.25) is 0 Å². The molecule has 0 radical (unpaired) electrons. The number of benzene rings is 2. The van der Waals surface area contributed by atoms with E-state index in [2.05, 4.69) is 10.5 Å². The number of nitrogens with one attached hydrogen (secondary N) is 1. The molecule has 0 spiro atoms. The highest BCUT2D eigenvalue weighted by Gasteiger charge is 2.13. The van der Waals surface area contributed by atoms with E-state index in [1.54, 1.807) is 6.21 Å².